The molecule has 0 saturated carbocycles. The summed E-state index contributed by atoms with van der Waals surface area (Å²) >= 11 is 0. The lowest BCUT2D eigenvalue weighted by Crippen LogP contribution is -2.23. The number of aromatic amines is 1. The number of nitrogens with one attached hydrogen (secondary N) is 1. The lowest BCUT2D eigenvalue weighted by atomic mass is 10.1. The van der Waals surface area contributed by atoms with E-state index < -0.39 is 0 Å². The maximum absolute atomic E-state index is 5.53. The smallest absolute Gasteiger partial charge is 0.167 e. The van der Waals surface area contributed by atoms with Gasteiger partial charge in [-0.1, -0.05) is 35.5 Å². The van der Waals surface area contributed by atoms with E-state index in [1.54, 1.807) is 0 Å². The van der Waals surface area contributed by atoms with E-state index in [-0.39, 0.29) is 6.04 Å². The molecule has 0 aliphatic carbocycles. The number of likely N-dealkylation sites (tertiary alicyclic amines) is 1. The number of aryl methyl sites for hydroxylation is 1. The Morgan fingerprint density at radius 3 is 2.96 bits per heavy atom. The molecule has 1 saturated heterocycles. The Hall–Kier alpha value is -2.47. The van der Waals surface area contributed by atoms with Gasteiger partial charge in [0.2, 0.25) is 0 Å². The third kappa shape index (κ3) is 2.90. The van der Waals surface area contributed by atoms with Gasteiger partial charge < -0.3 is 4.52 Å². The number of benzene rings is 1. The van der Waals surface area contributed by atoms with Gasteiger partial charge in [0.1, 0.15) is 11.5 Å². The summed E-state index contributed by atoms with van der Waals surface area (Å²) in [5.74, 6) is 2.61. The van der Waals surface area contributed by atoms with Gasteiger partial charge in [-0.25, -0.2) is 4.98 Å². The van der Waals surface area contributed by atoms with E-state index in [0.29, 0.717) is 0 Å². The molecule has 0 bridgehead atoms. The Bertz CT molecular complexity index is 779. The number of rotatable bonds is 4. The predicted molar refractivity (Wildman–Crippen MR) is 85.4 cm³/mol. The molecule has 2 aromatic heterocycles. The Morgan fingerprint density at radius 2 is 2.17 bits per heavy atom. The van der Waals surface area contributed by atoms with Gasteiger partial charge in [-0.05, 0) is 26.3 Å². The second-order valence-electron chi connectivity index (χ2n) is 5.95. The summed E-state index contributed by atoms with van der Waals surface area (Å²) in [5, 5.41) is 11.4. The highest BCUT2D eigenvalue weighted by molar-refractivity contribution is 5.58. The van der Waals surface area contributed by atoms with E-state index in [1.165, 1.54) is 0 Å². The molecule has 1 aromatic carbocycles. The summed E-state index contributed by atoms with van der Waals surface area (Å²) in [6, 6.07) is 12.4. The van der Waals surface area contributed by atoms with Crippen LogP contribution in [0.4, 0.5) is 0 Å². The van der Waals surface area contributed by atoms with Crippen LogP contribution in [0, 0.1) is 6.92 Å². The van der Waals surface area contributed by atoms with Gasteiger partial charge in [0, 0.05) is 11.6 Å². The molecule has 0 amide bonds. The molecule has 118 valence electrons. The fourth-order valence-electron chi connectivity index (χ4n) is 3.15. The first-order valence-corrected chi connectivity index (χ1v) is 7.93. The summed E-state index contributed by atoms with van der Waals surface area (Å²) in [4.78, 5) is 6.84. The molecular formula is C17H19N5O. The average molecular weight is 309 g/mol. The van der Waals surface area contributed by atoms with Gasteiger partial charge in [-0.3, -0.25) is 10.00 Å². The molecule has 0 radical (unpaired) electrons. The van der Waals surface area contributed by atoms with Crippen molar-refractivity contribution < 1.29 is 4.52 Å². The SMILES string of the molecule is Cc1nc([C@@H]2CCCN2Cc2cc(-c3ccccc3)no2)n[nH]1. The van der Waals surface area contributed by atoms with Gasteiger partial charge in [0.25, 0.3) is 0 Å². The monoisotopic (exact) mass is 309 g/mol. The van der Waals surface area contributed by atoms with Crippen LogP contribution in [0.25, 0.3) is 11.3 Å². The Balaban J connectivity index is 1.50. The van der Waals surface area contributed by atoms with Crippen molar-refractivity contribution in [2.75, 3.05) is 6.54 Å². The van der Waals surface area contributed by atoms with Gasteiger partial charge in [-0.2, -0.15) is 5.10 Å². The molecule has 1 atom stereocenters. The molecule has 0 unspecified atom stereocenters. The quantitative estimate of drug-likeness (QED) is 0.802. The summed E-state index contributed by atoms with van der Waals surface area (Å²) in [7, 11) is 0. The molecular weight excluding hydrogens is 290 g/mol. The van der Waals surface area contributed by atoms with E-state index >= 15 is 0 Å². The minimum absolute atomic E-state index is 0.255. The molecule has 1 aliphatic heterocycles. The van der Waals surface area contributed by atoms with Crippen LogP contribution in [0.3, 0.4) is 0 Å². The summed E-state index contributed by atoms with van der Waals surface area (Å²) in [6.07, 6.45) is 2.23. The van der Waals surface area contributed by atoms with Crippen LogP contribution in [-0.4, -0.2) is 31.8 Å². The fourth-order valence-corrected chi connectivity index (χ4v) is 3.15. The first-order chi connectivity index (χ1) is 11.3. The Labute approximate surface area is 134 Å². The average Bonchev–Trinajstić information content (AvgIpc) is 3.29. The van der Waals surface area contributed by atoms with E-state index in [1.807, 2.05) is 43.3 Å². The van der Waals surface area contributed by atoms with Crippen LogP contribution >= 0.6 is 0 Å². The molecule has 0 spiro atoms. The van der Waals surface area contributed by atoms with Crippen LogP contribution in [0.2, 0.25) is 0 Å². The second kappa shape index (κ2) is 5.96. The topological polar surface area (TPSA) is 70.8 Å². The zero-order chi connectivity index (χ0) is 15.6. The van der Waals surface area contributed by atoms with Gasteiger partial charge in [0.15, 0.2) is 11.6 Å². The minimum atomic E-state index is 0.255. The van der Waals surface area contributed by atoms with Crippen LogP contribution in [0.15, 0.2) is 40.9 Å². The zero-order valence-corrected chi connectivity index (χ0v) is 13.1. The van der Waals surface area contributed by atoms with Crippen molar-refractivity contribution in [3.8, 4) is 11.3 Å². The van der Waals surface area contributed by atoms with Crippen molar-refractivity contribution in [3.63, 3.8) is 0 Å². The van der Waals surface area contributed by atoms with Crippen LogP contribution < -0.4 is 0 Å². The number of hydrogen-bond acceptors (Lipinski definition) is 5. The molecule has 1 aliphatic rings. The van der Waals surface area contributed by atoms with Gasteiger partial charge in [0.05, 0.1) is 12.6 Å². The zero-order valence-electron chi connectivity index (χ0n) is 13.1. The van der Waals surface area contributed by atoms with E-state index in [4.69, 9.17) is 4.52 Å². The number of aromatic nitrogens is 4. The lowest BCUT2D eigenvalue weighted by molar-refractivity contribution is 0.211. The molecule has 3 aromatic rings. The van der Waals surface area contributed by atoms with Crippen molar-refractivity contribution in [2.45, 2.75) is 32.4 Å². The number of nitrogens with zero attached hydrogens (tertiary/aromatic N) is 4. The first kappa shape index (κ1) is 14.1. The Kier molecular flexibility index (Phi) is 3.67. The second-order valence-corrected chi connectivity index (χ2v) is 5.95. The highest BCUT2D eigenvalue weighted by Gasteiger charge is 2.29. The summed E-state index contributed by atoms with van der Waals surface area (Å²) in [6.45, 7) is 3.69. The lowest BCUT2D eigenvalue weighted by Gasteiger charge is -2.20. The van der Waals surface area contributed by atoms with Gasteiger partial charge in [-0.15, -0.1) is 0 Å². The fraction of sp³-hybridized carbons (Fsp3) is 0.353. The molecule has 23 heavy (non-hydrogen) atoms. The molecule has 3 heterocycles. The number of hydrogen-bond donors (Lipinski definition) is 1. The molecule has 6 heteroatoms. The van der Waals surface area contributed by atoms with E-state index in [9.17, 15) is 0 Å². The minimum Gasteiger partial charge on any atom is -0.359 e. The van der Waals surface area contributed by atoms with Crippen molar-refractivity contribution in [1.29, 1.82) is 0 Å². The Morgan fingerprint density at radius 1 is 1.30 bits per heavy atom. The van der Waals surface area contributed by atoms with Crippen molar-refractivity contribution in [1.82, 2.24) is 25.2 Å². The largest absolute Gasteiger partial charge is 0.359 e. The number of H-pyrrole nitrogens is 1. The van der Waals surface area contributed by atoms with Crippen molar-refractivity contribution >= 4 is 0 Å². The van der Waals surface area contributed by atoms with Crippen LogP contribution in [-0.2, 0) is 6.54 Å². The maximum atomic E-state index is 5.53. The third-order valence-electron chi connectivity index (χ3n) is 4.26. The van der Waals surface area contributed by atoms with Crippen molar-refractivity contribution in [2.24, 2.45) is 0 Å². The molecule has 1 N–H and O–H groups in total. The predicted octanol–water partition coefficient (Wildman–Crippen LogP) is 3.11. The van der Waals surface area contributed by atoms with E-state index in [2.05, 4.69) is 25.2 Å². The first-order valence-electron chi connectivity index (χ1n) is 7.93. The highest BCUT2D eigenvalue weighted by atomic mass is 16.5. The van der Waals surface area contributed by atoms with Crippen molar-refractivity contribution in [3.05, 3.63) is 53.8 Å². The summed E-state index contributed by atoms with van der Waals surface area (Å²) in [5.41, 5.74) is 1.95. The molecule has 4 rings (SSSR count). The van der Waals surface area contributed by atoms with Crippen LogP contribution in [0.5, 0.6) is 0 Å². The van der Waals surface area contributed by atoms with E-state index in [0.717, 1.165) is 54.6 Å². The molecule has 6 nitrogen and oxygen atoms in total. The molecule has 1 fully saturated rings. The highest BCUT2D eigenvalue weighted by Crippen LogP contribution is 2.31. The normalized spacial score (nSPS) is 18.6. The summed E-state index contributed by atoms with van der Waals surface area (Å²) < 4.78 is 5.53. The third-order valence-corrected chi connectivity index (χ3v) is 4.26. The standard InChI is InChI=1S/C17H19N5O/c1-12-18-17(20-19-12)16-8-5-9-22(16)11-14-10-15(21-23-14)13-6-3-2-4-7-13/h2-4,6-7,10,16H,5,8-9,11H2,1H3,(H,18,19,20)/t16-/m0/s1. The van der Waals surface area contributed by atoms with Crippen LogP contribution in [0.1, 0.15) is 36.3 Å². The maximum Gasteiger partial charge on any atom is 0.167 e. The van der Waals surface area contributed by atoms with Gasteiger partial charge >= 0.3 is 0 Å².